The number of fused-ring (bicyclic) bond motifs is 8. The second-order valence-electron chi connectivity index (χ2n) is 23.5. The van der Waals surface area contributed by atoms with Gasteiger partial charge in [0.15, 0.2) is 48.3 Å². The standard InChI is InChI=1S/C27H28N6O4S.C19H22ClN5O4S.C14H18BNO2/c1-17(32-9-13-38(34,35)14-10-32)18-15-21-23-24(37-27(21)29-16-18)26(33-7-11-36-12-8-33)31-25(30-23)20-3-2-4-22-19(20)5-6-28-22;1-12(24-4-8-30(26,27)9-5-24)13-10-14-15-16(29-18(14)21-11-13)17(23-19(20)22-15)25-2-6-28-7-3-25;1-13(2)14(3,4)18-15(17-13)11-6-5-7-12-10(11)8-9-16-12/h2-6,15-17,28H,7-14H2,1H3;10-12H,2-9H2,1H3;5-9,16H,1-4H3/t17-;12-;/m11./s1. The molecule has 13 heterocycles. The number of nitrogens with one attached hydrogen (secondary N) is 2. The monoisotopic (exact) mass is 1230 g/mol. The maximum atomic E-state index is 11.9. The third-order valence-electron chi connectivity index (χ3n) is 17.7. The Hall–Kier alpha value is -6.81. The summed E-state index contributed by atoms with van der Waals surface area (Å²) >= 11 is 6.24. The Labute approximate surface area is 502 Å². The van der Waals surface area contributed by atoms with E-state index in [1.54, 1.807) is 6.20 Å². The highest BCUT2D eigenvalue weighted by atomic mass is 35.5. The van der Waals surface area contributed by atoms with Gasteiger partial charge in [0, 0.05) is 111 Å². The first-order valence-corrected chi connectivity index (χ1v) is 33.2. The fourth-order valence-electron chi connectivity index (χ4n) is 11.8. The minimum atomic E-state index is -2.95. The van der Waals surface area contributed by atoms with Gasteiger partial charge in [0.25, 0.3) is 0 Å². The number of aromatic amines is 2. The van der Waals surface area contributed by atoms with Crippen molar-refractivity contribution in [2.45, 2.75) is 64.8 Å². The number of anilines is 2. The van der Waals surface area contributed by atoms with Crippen molar-refractivity contribution in [3.63, 3.8) is 0 Å². The van der Waals surface area contributed by atoms with E-state index in [4.69, 9.17) is 49.2 Å². The predicted molar refractivity (Wildman–Crippen MR) is 334 cm³/mol. The quantitative estimate of drug-likeness (QED) is 0.108. The number of aromatic nitrogens is 8. The summed E-state index contributed by atoms with van der Waals surface area (Å²) in [6.07, 6.45) is 7.47. The lowest BCUT2D eigenvalue weighted by Crippen LogP contribution is -2.41. The Morgan fingerprint density at radius 3 is 1.56 bits per heavy atom. The Morgan fingerprint density at radius 1 is 0.570 bits per heavy atom. The Bertz CT molecular complexity index is 4370. The number of pyridine rings is 2. The van der Waals surface area contributed by atoms with Gasteiger partial charge >= 0.3 is 7.12 Å². The molecule has 0 saturated carbocycles. The van der Waals surface area contributed by atoms with Gasteiger partial charge in [-0.3, -0.25) is 9.80 Å². The fraction of sp³-hybridized carbons (Fsp3) is 0.433. The molecule has 8 aromatic heterocycles. The molecule has 0 radical (unpaired) electrons. The third-order valence-corrected chi connectivity index (χ3v) is 21.1. The molecule has 450 valence electrons. The number of hydrogen-bond donors (Lipinski definition) is 2. The average molecular weight is 1230 g/mol. The zero-order chi connectivity index (χ0) is 59.7. The first-order valence-electron chi connectivity index (χ1n) is 29.2. The van der Waals surface area contributed by atoms with Gasteiger partial charge < -0.3 is 47.4 Å². The number of hydrogen-bond acceptors (Lipinski definition) is 20. The van der Waals surface area contributed by atoms with Crippen molar-refractivity contribution in [1.82, 2.24) is 49.7 Å². The van der Waals surface area contributed by atoms with E-state index in [0.717, 1.165) is 66.1 Å². The number of ether oxygens (including phenoxy) is 2. The predicted octanol–water partition coefficient (Wildman–Crippen LogP) is 8.07. The molecular weight excluding hydrogens is 1160 g/mol. The van der Waals surface area contributed by atoms with Crippen LogP contribution in [0, 0.1) is 0 Å². The van der Waals surface area contributed by atoms with E-state index >= 15 is 0 Å². The number of H-pyrrole nitrogens is 2. The molecule has 2 atom stereocenters. The minimum absolute atomic E-state index is 0.0148. The minimum Gasteiger partial charge on any atom is -0.432 e. The van der Waals surface area contributed by atoms with Crippen molar-refractivity contribution in [2.24, 2.45) is 0 Å². The van der Waals surface area contributed by atoms with Crippen molar-refractivity contribution in [1.29, 1.82) is 0 Å². The van der Waals surface area contributed by atoms with Crippen LogP contribution in [0.1, 0.15) is 64.8 Å². The highest BCUT2D eigenvalue weighted by molar-refractivity contribution is 7.91. The smallest absolute Gasteiger partial charge is 0.432 e. The number of morpholine rings is 2. The Kier molecular flexibility index (Phi) is 15.6. The molecule has 2 aromatic carbocycles. The lowest BCUT2D eigenvalue weighted by molar-refractivity contribution is 0.00578. The largest absolute Gasteiger partial charge is 0.495 e. The molecule has 0 bridgehead atoms. The summed E-state index contributed by atoms with van der Waals surface area (Å²) in [6.45, 7) is 19.8. The summed E-state index contributed by atoms with van der Waals surface area (Å²) in [4.78, 5) is 43.2. The average Bonchev–Trinajstić information content (AvgIpc) is 2.30. The van der Waals surface area contributed by atoms with Crippen molar-refractivity contribution in [2.75, 3.05) is 112 Å². The first-order chi connectivity index (χ1) is 41.3. The number of halogens is 1. The molecule has 22 nitrogen and oxygen atoms in total. The van der Waals surface area contributed by atoms with Crippen LogP contribution in [0.3, 0.4) is 0 Å². The second-order valence-corrected chi connectivity index (χ2v) is 28.5. The molecule has 10 aromatic rings. The van der Waals surface area contributed by atoms with Crippen LogP contribution in [-0.4, -0.2) is 187 Å². The highest BCUT2D eigenvalue weighted by Gasteiger charge is 2.52. The van der Waals surface area contributed by atoms with E-state index < -0.39 is 19.7 Å². The maximum Gasteiger partial charge on any atom is 0.495 e. The van der Waals surface area contributed by atoms with E-state index in [1.807, 2.05) is 55.0 Å². The van der Waals surface area contributed by atoms with Crippen molar-refractivity contribution in [3.05, 3.63) is 102 Å². The van der Waals surface area contributed by atoms with E-state index in [1.165, 1.54) is 0 Å². The molecule has 5 aliphatic rings. The third kappa shape index (κ3) is 11.4. The number of furan rings is 2. The van der Waals surface area contributed by atoms with Crippen LogP contribution in [0.2, 0.25) is 5.28 Å². The van der Waals surface area contributed by atoms with Gasteiger partial charge in [-0.25, -0.2) is 41.8 Å². The summed E-state index contributed by atoms with van der Waals surface area (Å²) in [5.41, 5.74) is 9.10. The second kappa shape index (κ2) is 23.0. The molecule has 15 rings (SSSR count). The summed E-state index contributed by atoms with van der Waals surface area (Å²) in [7, 11) is -6.17. The zero-order valence-electron chi connectivity index (χ0n) is 48.9. The van der Waals surface area contributed by atoms with Gasteiger partial charge in [0.2, 0.25) is 16.7 Å². The molecule has 0 amide bonds. The Balaban J connectivity index is 0.000000127. The molecule has 5 fully saturated rings. The van der Waals surface area contributed by atoms with Crippen molar-refractivity contribution in [3.8, 4) is 11.4 Å². The summed E-state index contributed by atoms with van der Waals surface area (Å²) in [5.74, 6) is 2.78. The highest BCUT2D eigenvalue weighted by Crippen LogP contribution is 2.40. The van der Waals surface area contributed by atoms with E-state index in [-0.39, 0.29) is 58.7 Å². The van der Waals surface area contributed by atoms with Gasteiger partial charge in [0.05, 0.1) is 71.4 Å². The van der Waals surface area contributed by atoms with Crippen LogP contribution in [0.5, 0.6) is 0 Å². The number of rotatable bonds is 8. The van der Waals surface area contributed by atoms with Crippen LogP contribution in [-0.2, 0) is 38.5 Å². The number of sulfone groups is 2. The van der Waals surface area contributed by atoms with Gasteiger partial charge in [-0.2, -0.15) is 4.98 Å². The normalized spacial score (nSPS) is 20.6. The van der Waals surface area contributed by atoms with Crippen LogP contribution in [0.25, 0.3) is 77.6 Å². The molecule has 2 N–H and O–H groups in total. The van der Waals surface area contributed by atoms with Gasteiger partial charge in [-0.1, -0.05) is 24.3 Å². The molecule has 5 saturated heterocycles. The van der Waals surface area contributed by atoms with Crippen LogP contribution in [0.15, 0.2) is 94.3 Å². The molecule has 86 heavy (non-hydrogen) atoms. The molecule has 0 spiro atoms. The van der Waals surface area contributed by atoms with Crippen LogP contribution in [0.4, 0.5) is 11.6 Å². The van der Waals surface area contributed by atoms with E-state index in [2.05, 4.69) is 115 Å². The lowest BCUT2D eigenvalue weighted by Gasteiger charge is -2.32. The van der Waals surface area contributed by atoms with Crippen LogP contribution < -0.4 is 15.3 Å². The van der Waals surface area contributed by atoms with Gasteiger partial charge in [0.1, 0.15) is 11.0 Å². The summed E-state index contributed by atoms with van der Waals surface area (Å²) in [5, 5.41) is 3.98. The lowest BCUT2D eigenvalue weighted by atomic mass is 9.77. The molecule has 0 aliphatic carbocycles. The van der Waals surface area contributed by atoms with Gasteiger partial charge in [-0.05, 0) is 112 Å². The molecule has 26 heteroatoms. The summed E-state index contributed by atoms with van der Waals surface area (Å²) < 4.78 is 82.9. The van der Waals surface area contributed by atoms with E-state index in [0.29, 0.717) is 119 Å². The number of benzene rings is 2. The van der Waals surface area contributed by atoms with Gasteiger partial charge in [-0.15, -0.1) is 0 Å². The molecular formula is C60H68BClN12O10S2. The first kappa shape index (κ1) is 58.2. The fourth-order valence-corrected chi connectivity index (χ4v) is 14.4. The van der Waals surface area contributed by atoms with Crippen molar-refractivity contribution < 1.29 is 44.5 Å². The molecule has 5 aliphatic heterocycles. The van der Waals surface area contributed by atoms with Crippen LogP contribution >= 0.6 is 11.6 Å². The van der Waals surface area contributed by atoms with E-state index in [9.17, 15) is 16.8 Å². The van der Waals surface area contributed by atoms with Crippen molar-refractivity contribution >= 4 is 122 Å². The number of nitrogens with zero attached hydrogens (tertiary/aromatic N) is 10. The topological polar surface area (TPSA) is 253 Å². The zero-order valence-corrected chi connectivity index (χ0v) is 51.3. The summed E-state index contributed by atoms with van der Waals surface area (Å²) in [6, 6.07) is 20.5. The Morgan fingerprint density at radius 2 is 1.03 bits per heavy atom. The molecule has 0 unspecified atom stereocenters. The maximum absolute atomic E-state index is 11.9. The SMILES string of the molecule is CC1(C)OB(c2cccc3[nH]ccc23)OC1(C)C.C[C@H](c1cnc2oc3c(N4CCOCC4)nc(-c4cccc5[nH]ccc45)nc3c2c1)N1CCS(=O)(=O)CC1.C[C@H](c1cnc2oc3c(N4CCOCC4)nc(Cl)nc3c2c1)N1CCS(=O)(=O)CC1.